The maximum absolute atomic E-state index is 13.2. The Bertz CT molecular complexity index is 850. The van der Waals surface area contributed by atoms with E-state index in [0.29, 0.717) is 5.92 Å². The fraction of sp³-hybridized carbons (Fsp3) is 0.667. The molecule has 5 nitrogen and oxygen atoms in total. The van der Waals surface area contributed by atoms with Gasteiger partial charge in [0.1, 0.15) is 5.66 Å². The summed E-state index contributed by atoms with van der Waals surface area (Å²) in [5.41, 5.74) is 1.83. The highest BCUT2D eigenvalue weighted by Gasteiger charge is 2.49. The van der Waals surface area contributed by atoms with E-state index in [1.165, 1.54) is 0 Å². The van der Waals surface area contributed by atoms with Crippen molar-refractivity contribution in [3.8, 4) is 0 Å². The molecular weight excluding hydrogens is 400 g/mol. The maximum atomic E-state index is 13.2. The van der Waals surface area contributed by atoms with Gasteiger partial charge in [-0.15, -0.1) is 0 Å². The maximum Gasteiger partial charge on any atom is 0.307 e. The van der Waals surface area contributed by atoms with Gasteiger partial charge in [-0.2, -0.15) is 0 Å². The summed E-state index contributed by atoms with van der Waals surface area (Å²) in [6, 6.07) is 7.72. The van der Waals surface area contributed by atoms with E-state index in [1.807, 2.05) is 24.3 Å². The monoisotopic (exact) mass is 440 g/mol. The van der Waals surface area contributed by atoms with Crippen molar-refractivity contribution in [2.24, 2.45) is 21.7 Å². The lowest BCUT2D eigenvalue weighted by Gasteiger charge is -2.48. The van der Waals surface area contributed by atoms with Crippen LogP contribution >= 0.6 is 0 Å². The molecule has 0 bridgehead atoms. The Morgan fingerprint density at radius 3 is 2.22 bits per heavy atom. The van der Waals surface area contributed by atoms with Crippen LogP contribution in [0.1, 0.15) is 97.2 Å². The van der Waals surface area contributed by atoms with Gasteiger partial charge >= 0.3 is 5.97 Å². The molecule has 1 aliphatic heterocycles. The predicted octanol–water partition coefficient (Wildman–Crippen LogP) is 6.03. The van der Waals surface area contributed by atoms with Crippen LogP contribution in [0, 0.1) is 16.7 Å². The van der Waals surface area contributed by atoms with E-state index in [4.69, 9.17) is 10.1 Å². The summed E-state index contributed by atoms with van der Waals surface area (Å²) in [5.74, 6) is -0.184. The third-order valence-corrected chi connectivity index (χ3v) is 7.31. The van der Waals surface area contributed by atoms with Crippen LogP contribution in [0.4, 0.5) is 0 Å². The van der Waals surface area contributed by atoms with Crippen LogP contribution in [0.2, 0.25) is 0 Å². The number of carboxylic acid groups (broad SMARTS) is 1. The number of amides is 1. The molecule has 5 heteroatoms. The van der Waals surface area contributed by atoms with Crippen LogP contribution in [0.15, 0.2) is 29.3 Å². The Morgan fingerprint density at radius 2 is 1.72 bits per heavy atom. The van der Waals surface area contributed by atoms with E-state index in [0.717, 1.165) is 49.7 Å². The molecule has 1 amide bonds. The molecule has 1 aliphatic carbocycles. The molecule has 3 rings (SSSR count). The molecule has 1 fully saturated rings. The Kier molecular flexibility index (Phi) is 6.88. The van der Waals surface area contributed by atoms with Crippen molar-refractivity contribution >= 4 is 18.1 Å². The molecule has 1 atom stereocenters. The lowest BCUT2D eigenvalue weighted by molar-refractivity contribution is -0.136. The van der Waals surface area contributed by atoms with Gasteiger partial charge < -0.3 is 10.0 Å². The fourth-order valence-corrected chi connectivity index (χ4v) is 5.31. The van der Waals surface area contributed by atoms with E-state index >= 15 is 0 Å². The predicted molar refractivity (Wildman–Crippen MR) is 129 cm³/mol. The molecule has 1 saturated carbocycles. The number of carboxylic acids is 1. The Morgan fingerprint density at radius 1 is 1.12 bits per heavy atom. The summed E-state index contributed by atoms with van der Waals surface area (Å²) in [7, 11) is 0. The zero-order valence-electron chi connectivity index (χ0n) is 20.6. The average Bonchev–Trinajstić information content (AvgIpc) is 2.98. The first kappa shape index (κ1) is 24.5. The van der Waals surface area contributed by atoms with Crippen LogP contribution in [-0.4, -0.2) is 33.8 Å². The van der Waals surface area contributed by atoms with Gasteiger partial charge in [0, 0.05) is 0 Å². The molecule has 1 N–H and O–H groups in total. The lowest BCUT2D eigenvalue weighted by Crippen LogP contribution is -2.51. The van der Waals surface area contributed by atoms with Crippen LogP contribution < -0.4 is 0 Å². The smallest absolute Gasteiger partial charge is 0.307 e. The second kappa shape index (κ2) is 8.99. The fourth-order valence-electron chi connectivity index (χ4n) is 5.31. The minimum Gasteiger partial charge on any atom is -0.481 e. The SMILES string of the molecule is CC(C)(C)CCC(c1ccc(CC(=O)O)cc1)N1C(=O)C=NC12CCC(C(C)(C)C)CC2. The van der Waals surface area contributed by atoms with E-state index in [-0.39, 0.29) is 29.2 Å². The largest absolute Gasteiger partial charge is 0.481 e. The molecule has 1 spiro atoms. The molecule has 1 heterocycles. The second-order valence-corrected chi connectivity index (χ2v) is 12.0. The molecule has 0 radical (unpaired) electrons. The van der Waals surface area contributed by atoms with Crippen LogP contribution in [0.25, 0.3) is 0 Å². The molecule has 0 saturated heterocycles. The van der Waals surface area contributed by atoms with Crippen molar-refractivity contribution < 1.29 is 14.7 Å². The summed E-state index contributed by atoms with van der Waals surface area (Å²) in [4.78, 5) is 31.1. The van der Waals surface area contributed by atoms with Crippen molar-refractivity contribution in [1.82, 2.24) is 4.90 Å². The zero-order chi connectivity index (χ0) is 23.7. The highest BCUT2D eigenvalue weighted by atomic mass is 16.4. The molecule has 32 heavy (non-hydrogen) atoms. The van der Waals surface area contributed by atoms with Gasteiger partial charge in [-0.05, 0) is 66.4 Å². The van der Waals surface area contributed by atoms with Crippen molar-refractivity contribution in [2.45, 2.75) is 98.2 Å². The van der Waals surface area contributed by atoms with Gasteiger partial charge in [-0.1, -0.05) is 65.8 Å². The van der Waals surface area contributed by atoms with Crippen molar-refractivity contribution in [1.29, 1.82) is 0 Å². The first-order chi connectivity index (χ1) is 14.8. The second-order valence-electron chi connectivity index (χ2n) is 12.0. The third-order valence-electron chi connectivity index (χ3n) is 7.31. The Hall–Kier alpha value is -2.17. The van der Waals surface area contributed by atoms with Crippen molar-refractivity contribution in [2.75, 3.05) is 0 Å². The highest BCUT2D eigenvalue weighted by Crippen LogP contribution is 2.49. The number of aliphatic imine (C=N–C) groups is 1. The van der Waals surface area contributed by atoms with E-state index in [2.05, 4.69) is 46.4 Å². The highest BCUT2D eigenvalue weighted by molar-refractivity contribution is 6.28. The standard InChI is InChI=1S/C27H40N2O3/c1-25(2,3)14-13-22(20-9-7-19(8-10-20)17-24(31)32)29-23(30)18-28-27(29)15-11-21(12-16-27)26(4,5)6/h7-10,18,21-22H,11-17H2,1-6H3,(H,31,32). The summed E-state index contributed by atoms with van der Waals surface area (Å²) in [6.45, 7) is 13.6. The van der Waals surface area contributed by atoms with Gasteiger partial charge in [-0.3, -0.25) is 14.6 Å². The first-order valence-electron chi connectivity index (χ1n) is 12.0. The number of carbonyl (C=O) groups excluding carboxylic acids is 1. The molecule has 1 aromatic rings. The molecule has 0 aromatic heterocycles. The molecule has 176 valence electrons. The lowest BCUT2D eigenvalue weighted by atomic mass is 9.69. The zero-order valence-corrected chi connectivity index (χ0v) is 20.6. The molecular formula is C27H40N2O3. The number of carbonyl (C=O) groups is 2. The normalized spacial score (nSPS) is 24.9. The number of benzene rings is 1. The van der Waals surface area contributed by atoms with E-state index < -0.39 is 11.6 Å². The van der Waals surface area contributed by atoms with Crippen LogP contribution in [0.3, 0.4) is 0 Å². The van der Waals surface area contributed by atoms with Crippen molar-refractivity contribution in [3.05, 3.63) is 35.4 Å². The number of hydrogen-bond acceptors (Lipinski definition) is 3. The minimum atomic E-state index is -0.834. The van der Waals surface area contributed by atoms with Gasteiger partial charge in [0.25, 0.3) is 5.91 Å². The van der Waals surface area contributed by atoms with E-state index in [9.17, 15) is 9.59 Å². The molecule has 1 unspecified atom stereocenters. The van der Waals surface area contributed by atoms with Crippen LogP contribution in [-0.2, 0) is 16.0 Å². The summed E-state index contributed by atoms with van der Waals surface area (Å²) in [6.07, 6.45) is 7.36. The molecule has 2 aliphatic rings. The first-order valence-corrected chi connectivity index (χ1v) is 12.0. The van der Waals surface area contributed by atoms with Gasteiger partial charge in [0.05, 0.1) is 18.7 Å². The summed E-state index contributed by atoms with van der Waals surface area (Å²) in [5, 5.41) is 9.10. The minimum absolute atomic E-state index is 0.00716. The number of hydrogen-bond donors (Lipinski definition) is 1. The van der Waals surface area contributed by atoms with Crippen molar-refractivity contribution in [3.63, 3.8) is 0 Å². The Balaban J connectivity index is 1.90. The summed E-state index contributed by atoms with van der Waals surface area (Å²) < 4.78 is 0. The number of aliphatic carboxylic acids is 1. The quantitative estimate of drug-likeness (QED) is 0.587. The van der Waals surface area contributed by atoms with Gasteiger partial charge in [0.2, 0.25) is 0 Å². The van der Waals surface area contributed by atoms with Gasteiger partial charge in [0.15, 0.2) is 0 Å². The number of nitrogens with zero attached hydrogens (tertiary/aromatic N) is 2. The topological polar surface area (TPSA) is 70.0 Å². The average molecular weight is 441 g/mol. The number of rotatable bonds is 6. The molecule has 1 aromatic carbocycles. The van der Waals surface area contributed by atoms with Gasteiger partial charge in [-0.25, -0.2) is 0 Å². The van der Waals surface area contributed by atoms with Crippen LogP contribution in [0.5, 0.6) is 0 Å². The Labute approximate surface area is 193 Å². The summed E-state index contributed by atoms with van der Waals surface area (Å²) >= 11 is 0. The van der Waals surface area contributed by atoms with E-state index in [1.54, 1.807) is 6.21 Å². The third kappa shape index (κ3) is 5.60.